The highest BCUT2D eigenvalue weighted by Crippen LogP contribution is 2.31. The molecule has 7 nitrogen and oxygen atoms in total. The zero-order chi connectivity index (χ0) is 19.3. The number of carbonyl (C=O) groups excluding carboxylic acids is 2. The van der Waals surface area contributed by atoms with E-state index in [0.717, 1.165) is 18.9 Å². The van der Waals surface area contributed by atoms with Gasteiger partial charge in [-0.25, -0.2) is 4.98 Å². The van der Waals surface area contributed by atoms with Crippen LogP contribution in [0.15, 0.2) is 42.6 Å². The van der Waals surface area contributed by atoms with E-state index in [2.05, 4.69) is 15.2 Å². The first-order chi connectivity index (χ1) is 13.7. The van der Waals surface area contributed by atoms with Gasteiger partial charge in [-0.15, -0.1) is 0 Å². The van der Waals surface area contributed by atoms with Crippen molar-refractivity contribution >= 4 is 29.0 Å². The molecule has 146 valence electrons. The number of hydrogen-bond acceptors (Lipinski definition) is 5. The third kappa shape index (κ3) is 4.08. The zero-order valence-electron chi connectivity index (χ0n) is 15.8. The van der Waals surface area contributed by atoms with Gasteiger partial charge in [0.2, 0.25) is 5.91 Å². The van der Waals surface area contributed by atoms with Crippen LogP contribution in [0.3, 0.4) is 0 Å². The highest BCUT2D eigenvalue weighted by atomic mass is 16.5. The third-order valence-corrected chi connectivity index (χ3v) is 5.08. The molecule has 0 radical (unpaired) electrons. The number of piperidine rings is 1. The van der Waals surface area contributed by atoms with Gasteiger partial charge in [0.15, 0.2) is 6.61 Å². The number of benzene rings is 1. The molecular weight excluding hydrogens is 356 g/mol. The molecular formula is C21H24N4O3. The van der Waals surface area contributed by atoms with E-state index >= 15 is 0 Å². The van der Waals surface area contributed by atoms with Gasteiger partial charge in [-0.2, -0.15) is 0 Å². The first kappa shape index (κ1) is 18.3. The largest absolute Gasteiger partial charge is 0.482 e. The molecule has 0 spiro atoms. The predicted octanol–water partition coefficient (Wildman–Crippen LogP) is 2.83. The summed E-state index contributed by atoms with van der Waals surface area (Å²) in [7, 11) is 0. The lowest BCUT2D eigenvalue weighted by atomic mass is 10.1. The lowest BCUT2D eigenvalue weighted by Crippen LogP contribution is -2.40. The number of pyridine rings is 1. The fraction of sp³-hybridized carbons (Fsp3) is 0.381. The van der Waals surface area contributed by atoms with Crippen LogP contribution in [-0.2, 0) is 9.59 Å². The second-order valence-corrected chi connectivity index (χ2v) is 7.05. The van der Waals surface area contributed by atoms with Crippen LogP contribution < -0.4 is 19.9 Å². The Morgan fingerprint density at radius 2 is 1.93 bits per heavy atom. The van der Waals surface area contributed by atoms with Crippen LogP contribution >= 0.6 is 0 Å². The van der Waals surface area contributed by atoms with Crippen LogP contribution in [0.1, 0.15) is 25.7 Å². The number of amides is 2. The van der Waals surface area contributed by atoms with Crippen molar-refractivity contribution in [3.05, 3.63) is 42.6 Å². The highest BCUT2D eigenvalue weighted by molar-refractivity contribution is 5.99. The Labute approximate surface area is 164 Å². The second kappa shape index (κ2) is 8.29. The standard InChI is InChI=1S/C21H24N4O3/c26-20(10-13-25-17-6-2-3-7-18(17)28-15-21(25)27)23-16-8-9-19(22-14-16)24-11-4-1-5-12-24/h2-3,6-9,14H,1,4-5,10-13,15H2,(H,23,26). The van der Waals surface area contributed by atoms with E-state index in [1.807, 2.05) is 36.4 Å². The van der Waals surface area contributed by atoms with E-state index < -0.39 is 0 Å². The Balaban J connectivity index is 1.33. The van der Waals surface area contributed by atoms with E-state index in [4.69, 9.17) is 4.74 Å². The van der Waals surface area contributed by atoms with Gasteiger partial charge in [0.1, 0.15) is 11.6 Å². The lowest BCUT2D eigenvalue weighted by Gasteiger charge is -2.29. The number of rotatable bonds is 5. The number of hydrogen-bond donors (Lipinski definition) is 1. The van der Waals surface area contributed by atoms with Crippen molar-refractivity contribution < 1.29 is 14.3 Å². The molecule has 2 amide bonds. The molecule has 28 heavy (non-hydrogen) atoms. The predicted molar refractivity (Wildman–Crippen MR) is 108 cm³/mol. The number of nitrogens with one attached hydrogen (secondary N) is 1. The summed E-state index contributed by atoms with van der Waals surface area (Å²) in [6.07, 6.45) is 5.57. The number of para-hydroxylation sites is 2. The normalized spacial score (nSPS) is 16.4. The summed E-state index contributed by atoms with van der Waals surface area (Å²) >= 11 is 0. The monoisotopic (exact) mass is 380 g/mol. The molecule has 0 unspecified atom stereocenters. The summed E-state index contributed by atoms with van der Waals surface area (Å²) in [5.74, 6) is 1.33. The maximum Gasteiger partial charge on any atom is 0.265 e. The van der Waals surface area contributed by atoms with Crippen LogP contribution in [-0.4, -0.2) is 43.0 Å². The van der Waals surface area contributed by atoms with Crippen LogP contribution in [0.25, 0.3) is 0 Å². The minimum Gasteiger partial charge on any atom is -0.482 e. The van der Waals surface area contributed by atoms with Gasteiger partial charge in [-0.1, -0.05) is 12.1 Å². The topological polar surface area (TPSA) is 74.8 Å². The molecule has 7 heteroatoms. The Bertz CT molecular complexity index is 847. The van der Waals surface area contributed by atoms with Crippen molar-refractivity contribution in [1.82, 2.24) is 4.98 Å². The van der Waals surface area contributed by atoms with Gasteiger partial charge in [0, 0.05) is 26.1 Å². The average Bonchev–Trinajstić information content (AvgIpc) is 2.74. The van der Waals surface area contributed by atoms with Crippen molar-refractivity contribution in [2.24, 2.45) is 0 Å². The summed E-state index contributed by atoms with van der Waals surface area (Å²) < 4.78 is 5.43. The molecule has 2 aromatic rings. The number of ether oxygens (including phenoxy) is 1. The molecule has 1 saturated heterocycles. The van der Waals surface area contributed by atoms with Crippen LogP contribution in [0.4, 0.5) is 17.2 Å². The quantitative estimate of drug-likeness (QED) is 0.863. The lowest BCUT2D eigenvalue weighted by molar-refractivity contribution is -0.121. The molecule has 1 N–H and O–H groups in total. The minimum atomic E-state index is -0.149. The zero-order valence-corrected chi connectivity index (χ0v) is 15.8. The maximum absolute atomic E-state index is 12.3. The Hall–Kier alpha value is -3.09. The minimum absolute atomic E-state index is 0.000510. The first-order valence-electron chi connectivity index (χ1n) is 9.74. The number of nitrogens with zero attached hydrogens (tertiary/aromatic N) is 3. The number of fused-ring (bicyclic) bond motifs is 1. The average molecular weight is 380 g/mol. The molecule has 4 rings (SSSR count). The maximum atomic E-state index is 12.3. The van der Waals surface area contributed by atoms with Gasteiger partial charge in [-0.05, 0) is 43.5 Å². The molecule has 0 saturated carbocycles. The van der Waals surface area contributed by atoms with Crippen molar-refractivity contribution in [2.75, 3.05) is 41.4 Å². The first-order valence-corrected chi connectivity index (χ1v) is 9.74. The van der Waals surface area contributed by atoms with Crippen molar-refractivity contribution in [3.63, 3.8) is 0 Å². The number of carbonyl (C=O) groups is 2. The van der Waals surface area contributed by atoms with Gasteiger partial charge in [0.25, 0.3) is 5.91 Å². The summed E-state index contributed by atoms with van der Waals surface area (Å²) in [5, 5.41) is 2.86. The SMILES string of the molecule is O=C(CCN1C(=O)COc2ccccc21)Nc1ccc(N2CCCCC2)nc1. The van der Waals surface area contributed by atoms with Crippen LogP contribution in [0.2, 0.25) is 0 Å². The molecule has 0 bridgehead atoms. The van der Waals surface area contributed by atoms with Gasteiger partial charge >= 0.3 is 0 Å². The summed E-state index contributed by atoms with van der Waals surface area (Å²) in [4.78, 5) is 32.9. The molecule has 2 aliphatic heterocycles. The molecule has 0 aliphatic carbocycles. The third-order valence-electron chi connectivity index (χ3n) is 5.08. The summed E-state index contributed by atoms with van der Waals surface area (Å²) in [6, 6.07) is 11.2. The molecule has 2 aliphatic rings. The summed E-state index contributed by atoms with van der Waals surface area (Å²) in [6.45, 7) is 2.38. The van der Waals surface area contributed by atoms with Crippen molar-refractivity contribution in [2.45, 2.75) is 25.7 Å². The van der Waals surface area contributed by atoms with Crippen LogP contribution in [0.5, 0.6) is 5.75 Å². The van der Waals surface area contributed by atoms with Gasteiger partial charge in [-0.3, -0.25) is 9.59 Å². The second-order valence-electron chi connectivity index (χ2n) is 7.05. The molecule has 3 heterocycles. The Kier molecular flexibility index (Phi) is 5.41. The highest BCUT2D eigenvalue weighted by Gasteiger charge is 2.25. The Morgan fingerprint density at radius 3 is 2.71 bits per heavy atom. The van der Waals surface area contributed by atoms with Gasteiger partial charge in [0.05, 0.1) is 17.6 Å². The van der Waals surface area contributed by atoms with E-state index in [0.29, 0.717) is 23.7 Å². The Morgan fingerprint density at radius 1 is 1.11 bits per heavy atom. The number of aromatic nitrogens is 1. The fourth-order valence-electron chi connectivity index (χ4n) is 3.61. The smallest absolute Gasteiger partial charge is 0.265 e. The van der Waals surface area contributed by atoms with E-state index in [9.17, 15) is 9.59 Å². The molecule has 1 fully saturated rings. The van der Waals surface area contributed by atoms with Gasteiger partial charge < -0.3 is 19.9 Å². The van der Waals surface area contributed by atoms with E-state index in [1.165, 1.54) is 19.3 Å². The van der Waals surface area contributed by atoms with E-state index in [1.54, 1.807) is 11.1 Å². The van der Waals surface area contributed by atoms with Crippen LogP contribution in [0, 0.1) is 0 Å². The molecule has 0 atom stereocenters. The molecule has 1 aromatic carbocycles. The van der Waals surface area contributed by atoms with Crippen molar-refractivity contribution in [3.8, 4) is 5.75 Å². The van der Waals surface area contributed by atoms with Crippen molar-refractivity contribution in [1.29, 1.82) is 0 Å². The summed E-state index contributed by atoms with van der Waals surface area (Å²) in [5.41, 5.74) is 1.37. The number of anilines is 3. The molecule has 1 aromatic heterocycles. The fourth-order valence-corrected chi connectivity index (χ4v) is 3.61. The van der Waals surface area contributed by atoms with E-state index in [-0.39, 0.29) is 24.8 Å².